The molecular formula is C12H13F3N2O3S. The van der Waals surface area contributed by atoms with Crippen LogP contribution in [0, 0.1) is 10.1 Å². The van der Waals surface area contributed by atoms with Crippen LogP contribution in [0.1, 0.15) is 18.4 Å². The van der Waals surface area contributed by atoms with Crippen LogP contribution < -0.4 is 5.32 Å². The Hall–Kier alpha value is -1.64. The van der Waals surface area contributed by atoms with Crippen molar-refractivity contribution in [3.63, 3.8) is 0 Å². The number of nitro benzene ring substituents is 1. The van der Waals surface area contributed by atoms with Crippen LogP contribution in [0.4, 0.5) is 24.5 Å². The molecule has 1 saturated heterocycles. The lowest BCUT2D eigenvalue weighted by Crippen LogP contribution is -2.30. The van der Waals surface area contributed by atoms with E-state index in [1.807, 2.05) is 0 Å². The molecule has 116 valence electrons. The van der Waals surface area contributed by atoms with Gasteiger partial charge >= 0.3 is 6.18 Å². The molecule has 0 spiro atoms. The summed E-state index contributed by atoms with van der Waals surface area (Å²) in [4.78, 5) is 9.74. The third kappa shape index (κ3) is 3.93. The molecule has 2 rings (SSSR count). The summed E-state index contributed by atoms with van der Waals surface area (Å²) in [5.74, 6) is 0.901. The number of alkyl halides is 3. The van der Waals surface area contributed by atoms with Crippen molar-refractivity contribution >= 4 is 22.2 Å². The number of nitrogens with zero attached hydrogens (tertiary/aromatic N) is 1. The largest absolute Gasteiger partial charge is 0.418 e. The first-order valence-corrected chi connectivity index (χ1v) is 7.73. The Balaban J connectivity index is 2.26. The molecule has 0 saturated carbocycles. The van der Waals surface area contributed by atoms with Gasteiger partial charge < -0.3 is 5.32 Å². The number of rotatable bonds is 3. The highest BCUT2D eigenvalue weighted by molar-refractivity contribution is 7.85. The van der Waals surface area contributed by atoms with Crippen molar-refractivity contribution in [1.82, 2.24) is 0 Å². The van der Waals surface area contributed by atoms with Gasteiger partial charge in [-0.05, 0) is 18.9 Å². The maximum Gasteiger partial charge on any atom is 0.418 e. The van der Waals surface area contributed by atoms with E-state index in [2.05, 4.69) is 5.32 Å². The van der Waals surface area contributed by atoms with Gasteiger partial charge in [-0.15, -0.1) is 0 Å². The van der Waals surface area contributed by atoms with Crippen molar-refractivity contribution in [2.75, 3.05) is 16.8 Å². The molecule has 1 aromatic carbocycles. The Bertz CT molecular complexity index is 567. The molecule has 21 heavy (non-hydrogen) atoms. The van der Waals surface area contributed by atoms with Gasteiger partial charge in [-0.1, -0.05) is 0 Å². The number of anilines is 1. The number of hydrogen-bond acceptors (Lipinski definition) is 4. The third-order valence-corrected chi connectivity index (χ3v) is 4.65. The molecule has 0 radical (unpaired) electrons. The molecule has 0 atom stereocenters. The lowest BCUT2D eigenvalue weighted by Gasteiger charge is -2.25. The predicted octanol–water partition coefficient (Wildman–Crippen LogP) is 2.94. The standard InChI is InChI=1S/C12H13F3N2O3S/c13-12(14,15)10-7-9(17(18)19)1-2-11(10)16-8-3-5-21(20)6-4-8/h1-2,7-8,16H,3-6H2. The molecule has 0 aromatic heterocycles. The molecule has 1 aromatic rings. The third-order valence-electron chi connectivity index (χ3n) is 3.27. The number of non-ortho nitro benzene ring substituents is 1. The summed E-state index contributed by atoms with van der Waals surface area (Å²) in [6.45, 7) is 0. The van der Waals surface area contributed by atoms with Gasteiger partial charge in [0.1, 0.15) is 0 Å². The van der Waals surface area contributed by atoms with Crippen LogP contribution in [-0.4, -0.2) is 26.7 Å². The summed E-state index contributed by atoms with van der Waals surface area (Å²) in [5, 5.41) is 13.4. The zero-order valence-corrected chi connectivity index (χ0v) is 11.7. The molecule has 1 aliphatic rings. The highest BCUT2D eigenvalue weighted by atomic mass is 32.2. The summed E-state index contributed by atoms with van der Waals surface area (Å²) < 4.78 is 50.2. The van der Waals surface area contributed by atoms with E-state index in [-0.39, 0.29) is 11.7 Å². The molecular weight excluding hydrogens is 309 g/mol. The van der Waals surface area contributed by atoms with E-state index in [0.717, 1.165) is 12.1 Å². The van der Waals surface area contributed by atoms with Crippen LogP contribution >= 0.6 is 0 Å². The van der Waals surface area contributed by atoms with E-state index < -0.39 is 33.2 Å². The normalized spacial score (nSPS) is 22.8. The van der Waals surface area contributed by atoms with Crippen molar-refractivity contribution in [2.45, 2.75) is 25.1 Å². The summed E-state index contributed by atoms with van der Waals surface area (Å²) >= 11 is 0. The number of halogens is 3. The molecule has 1 fully saturated rings. The smallest absolute Gasteiger partial charge is 0.382 e. The van der Waals surface area contributed by atoms with Crippen molar-refractivity contribution < 1.29 is 22.3 Å². The van der Waals surface area contributed by atoms with Crippen molar-refractivity contribution in [3.05, 3.63) is 33.9 Å². The van der Waals surface area contributed by atoms with Crippen molar-refractivity contribution in [1.29, 1.82) is 0 Å². The lowest BCUT2D eigenvalue weighted by molar-refractivity contribution is -0.385. The molecule has 5 nitrogen and oxygen atoms in total. The Morgan fingerprint density at radius 2 is 1.90 bits per heavy atom. The molecule has 9 heteroatoms. The topological polar surface area (TPSA) is 72.2 Å². The molecule has 1 N–H and O–H groups in total. The van der Waals surface area contributed by atoms with Crippen molar-refractivity contribution in [3.8, 4) is 0 Å². The first-order chi connectivity index (χ1) is 9.77. The van der Waals surface area contributed by atoms with E-state index >= 15 is 0 Å². The fourth-order valence-electron chi connectivity index (χ4n) is 2.16. The minimum atomic E-state index is -4.67. The van der Waals surface area contributed by atoms with Gasteiger partial charge in [0.25, 0.3) is 5.69 Å². The van der Waals surface area contributed by atoms with Gasteiger partial charge in [0.2, 0.25) is 0 Å². The predicted molar refractivity (Wildman–Crippen MR) is 72.6 cm³/mol. The Kier molecular flexibility index (Phi) is 4.50. The summed E-state index contributed by atoms with van der Waals surface area (Å²) in [7, 11) is -0.903. The average Bonchev–Trinajstić information content (AvgIpc) is 2.40. The molecule has 0 amide bonds. The summed E-state index contributed by atoms with van der Waals surface area (Å²) in [6, 6.07) is 2.44. The van der Waals surface area contributed by atoms with E-state index in [1.54, 1.807) is 0 Å². The first kappa shape index (κ1) is 15.7. The highest BCUT2D eigenvalue weighted by Crippen LogP contribution is 2.37. The fourth-order valence-corrected chi connectivity index (χ4v) is 3.46. The number of nitro groups is 1. The maximum atomic E-state index is 13.0. The monoisotopic (exact) mass is 322 g/mol. The van der Waals surface area contributed by atoms with Gasteiger partial charge in [-0.3, -0.25) is 14.3 Å². The Labute approximate surface area is 121 Å². The lowest BCUT2D eigenvalue weighted by atomic mass is 10.1. The number of nitrogens with one attached hydrogen (secondary N) is 1. The number of benzene rings is 1. The number of hydrogen-bond donors (Lipinski definition) is 1. The van der Waals surface area contributed by atoms with Gasteiger partial charge in [-0.25, -0.2) is 0 Å². The summed E-state index contributed by atoms with van der Waals surface area (Å²) in [6.07, 6.45) is -3.65. The minimum absolute atomic E-state index is 0.175. The van der Waals surface area contributed by atoms with E-state index in [0.29, 0.717) is 30.4 Å². The molecule has 1 aliphatic heterocycles. The van der Waals surface area contributed by atoms with Crippen molar-refractivity contribution in [2.24, 2.45) is 0 Å². The van der Waals surface area contributed by atoms with Crippen LogP contribution in [0.25, 0.3) is 0 Å². The van der Waals surface area contributed by atoms with Gasteiger partial charge in [0, 0.05) is 46.2 Å². The second-order valence-electron chi connectivity index (χ2n) is 4.75. The van der Waals surface area contributed by atoms with Crippen LogP contribution in [0.3, 0.4) is 0 Å². The maximum absolute atomic E-state index is 13.0. The zero-order valence-electron chi connectivity index (χ0n) is 10.9. The molecule has 1 heterocycles. The van der Waals surface area contributed by atoms with E-state index in [9.17, 15) is 27.5 Å². The van der Waals surface area contributed by atoms with Crippen LogP contribution in [0.2, 0.25) is 0 Å². The second kappa shape index (κ2) is 6.00. The fraction of sp³-hybridized carbons (Fsp3) is 0.500. The first-order valence-electron chi connectivity index (χ1n) is 6.24. The SMILES string of the molecule is O=[N+]([O-])c1ccc(NC2CCS(=O)CC2)c(C(F)(F)F)c1. The Morgan fingerprint density at radius 1 is 1.29 bits per heavy atom. The quantitative estimate of drug-likeness (QED) is 0.686. The Morgan fingerprint density at radius 3 is 2.43 bits per heavy atom. The summed E-state index contributed by atoms with van der Waals surface area (Å²) in [5.41, 5.74) is -1.83. The van der Waals surface area contributed by atoms with Crippen LogP contribution in [-0.2, 0) is 17.0 Å². The molecule has 0 bridgehead atoms. The minimum Gasteiger partial charge on any atom is -0.382 e. The highest BCUT2D eigenvalue weighted by Gasteiger charge is 2.35. The van der Waals surface area contributed by atoms with Crippen LogP contribution in [0.5, 0.6) is 0 Å². The molecule has 0 aliphatic carbocycles. The van der Waals surface area contributed by atoms with Gasteiger partial charge in [0.15, 0.2) is 0 Å². The zero-order chi connectivity index (χ0) is 15.6. The van der Waals surface area contributed by atoms with Gasteiger partial charge in [0.05, 0.1) is 10.5 Å². The van der Waals surface area contributed by atoms with Crippen LogP contribution in [0.15, 0.2) is 18.2 Å². The van der Waals surface area contributed by atoms with E-state index in [4.69, 9.17) is 0 Å². The average molecular weight is 322 g/mol. The second-order valence-corrected chi connectivity index (χ2v) is 6.45. The van der Waals surface area contributed by atoms with Gasteiger partial charge in [-0.2, -0.15) is 13.2 Å². The van der Waals surface area contributed by atoms with E-state index in [1.165, 1.54) is 0 Å². The molecule has 0 unspecified atom stereocenters.